The lowest BCUT2D eigenvalue weighted by molar-refractivity contribution is 0.347. The Morgan fingerprint density at radius 2 is 2.00 bits per heavy atom. The Labute approximate surface area is 116 Å². The van der Waals surface area contributed by atoms with Gasteiger partial charge in [0.1, 0.15) is 5.75 Å². The molecule has 20 heavy (non-hydrogen) atoms. The van der Waals surface area contributed by atoms with E-state index in [1.54, 1.807) is 26.2 Å². The first-order valence-electron chi connectivity index (χ1n) is 6.10. The molecular weight excluding hydrogens is 258 g/mol. The number of methoxy groups -OCH3 is 2. The van der Waals surface area contributed by atoms with Crippen molar-refractivity contribution in [2.24, 2.45) is 0 Å². The number of hydrogen-bond donors (Lipinski definition) is 1. The molecule has 0 radical (unpaired) electrons. The van der Waals surface area contributed by atoms with Crippen LogP contribution in [0.15, 0.2) is 29.1 Å². The largest absolute Gasteiger partial charge is 0.496 e. The maximum absolute atomic E-state index is 12.1. The van der Waals surface area contributed by atoms with E-state index in [0.29, 0.717) is 23.7 Å². The molecule has 0 unspecified atom stereocenters. The molecule has 0 saturated carbocycles. The third-order valence-corrected chi connectivity index (χ3v) is 2.92. The first-order valence-corrected chi connectivity index (χ1v) is 6.10. The van der Waals surface area contributed by atoms with Crippen LogP contribution in [0.4, 0.5) is 5.69 Å². The van der Waals surface area contributed by atoms with Crippen LogP contribution in [0.2, 0.25) is 0 Å². The Bertz CT molecular complexity index is 680. The molecule has 0 amide bonds. The maximum Gasteiger partial charge on any atom is 0.299 e. The number of benzene rings is 1. The van der Waals surface area contributed by atoms with E-state index >= 15 is 0 Å². The van der Waals surface area contributed by atoms with Crippen LogP contribution in [0.1, 0.15) is 11.3 Å². The maximum atomic E-state index is 12.1. The fourth-order valence-corrected chi connectivity index (χ4v) is 1.96. The quantitative estimate of drug-likeness (QED) is 0.848. The Hall–Kier alpha value is -2.50. The topological polar surface area (TPSA) is 79.4 Å². The molecule has 0 aliphatic rings. The van der Waals surface area contributed by atoms with Crippen LogP contribution < -0.4 is 20.8 Å². The van der Waals surface area contributed by atoms with Gasteiger partial charge in [-0.05, 0) is 13.0 Å². The second kappa shape index (κ2) is 5.64. The highest BCUT2D eigenvalue weighted by Crippen LogP contribution is 2.23. The van der Waals surface area contributed by atoms with Crippen LogP contribution in [0.25, 0.3) is 0 Å². The van der Waals surface area contributed by atoms with Crippen LogP contribution in [0.3, 0.4) is 0 Å². The van der Waals surface area contributed by atoms with Crippen LogP contribution in [0, 0.1) is 6.92 Å². The van der Waals surface area contributed by atoms with E-state index in [4.69, 9.17) is 15.2 Å². The standard InChI is InChI=1S/C14H17N3O3/c1-9-6-13(18)17(14(16-9)20-3)8-10-4-5-11(15)7-12(10)19-2/h4-7H,8,15H2,1-3H3. The molecule has 106 valence electrons. The third-order valence-electron chi connectivity index (χ3n) is 2.92. The number of aryl methyl sites for hydroxylation is 1. The number of rotatable bonds is 4. The van der Waals surface area contributed by atoms with Gasteiger partial charge in [-0.15, -0.1) is 0 Å². The summed E-state index contributed by atoms with van der Waals surface area (Å²) >= 11 is 0. The molecule has 0 saturated heterocycles. The van der Waals surface area contributed by atoms with Crippen molar-refractivity contribution in [3.8, 4) is 11.8 Å². The van der Waals surface area contributed by atoms with Gasteiger partial charge in [-0.1, -0.05) is 6.07 Å². The van der Waals surface area contributed by atoms with Crippen molar-refractivity contribution in [3.05, 3.63) is 45.9 Å². The van der Waals surface area contributed by atoms with Crippen molar-refractivity contribution in [2.75, 3.05) is 20.0 Å². The zero-order valence-corrected chi connectivity index (χ0v) is 11.7. The third kappa shape index (κ3) is 2.74. The molecular formula is C14H17N3O3. The molecule has 1 aromatic heterocycles. The number of anilines is 1. The molecule has 0 spiro atoms. The van der Waals surface area contributed by atoms with E-state index < -0.39 is 0 Å². The molecule has 0 aliphatic heterocycles. The summed E-state index contributed by atoms with van der Waals surface area (Å²) in [4.78, 5) is 16.3. The lowest BCUT2D eigenvalue weighted by atomic mass is 10.2. The minimum Gasteiger partial charge on any atom is -0.496 e. The number of hydrogen-bond acceptors (Lipinski definition) is 5. The highest BCUT2D eigenvalue weighted by molar-refractivity contribution is 5.48. The van der Waals surface area contributed by atoms with Gasteiger partial charge in [0.25, 0.3) is 11.6 Å². The van der Waals surface area contributed by atoms with E-state index in [1.165, 1.54) is 17.7 Å². The van der Waals surface area contributed by atoms with Gasteiger partial charge >= 0.3 is 0 Å². The second-order valence-corrected chi connectivity index (χ2v) is 4.38. The highest BCUT2D eigenvalue weighted by Gasteiger charge is 2.11. The number of nitrogens with two attached hydrogens (primary N) is 1. The second-order valence-electron chi connectivity index (χ2n) is 4.38. The van der Waals surface area contributed by atoms with Gasteiger partial charge in [-0.2, -0.15) is 0 Å². The molecule has 0 atom stereocenters. The van der Waals surface area contributed by atoms with Crippen molar-refractivity contribution >= 4 is 5.69 Å². The molecule has 2 aromatic rings. The van der Waals surface area contributed by atoms with Crippen LogP contribution in [-0.2, 0) is 6.54 Å². The van der Waals surface area contributed by atoms with Gasteiger partial charge in [0.2, 0.25) is 0 Å². The normalized spacial score (nSPS) is 10.3. The Morgan fingerprint density at radius 1 is 1.25 bits per heavy atom. The first kappa shape index (κ1) is 13.9. The average molecular weight is 275 g/mol. The summed E-state index contributed by atoms with van der Waals surface area (Å²) in [5.74, 6) is 0.625. The monoisotopic (exact) mass is 275 g/mol. The lowest BCUT2D eigenvalue weighted by Crippen LogP contribution is -2.23. The Balaban J connectivity index is 2.47. The van der Waals surface area contributed by atoms with Crippen LogP contribution >= 0.6 is 0 Å². The van der Waals surface area contributed by atoms with Crippen molar-refractivity contribution < 1.29 is 9.47 Å². The minimum absolute atomic E-state index is 0.173. The van der Waals surface area contributed by atoms with Crippen molar-refractivity contribution in [3.63, 3.8) is 0 Å². The fraction of sp³-hybridized carbons (Fsp3) is 0.286. The van der Waals surface area contributed by atoms with E-state index in [2.05, 4.69) is 4.98 Å². The van der Waals surface area contributed by atoms with Gasteiger partial charge in [-0.3, -0.25) is 9.36 Å². The zero-order chi connectivity index (χ0) is 14.7. The molecule has 0 aliphatic carbocycles. The molecule has 6 nitrogen and oxygen atoms in total. The van der Waals surface area contributed by atoms with E-state index in [0.717, 1.165) is 5.56 Å². The SMILES string of the molecule is COc1cc(N)ccc1Cn1c(OC)nc(C)cc1=O. The van der Waals surface area contributed by atoms with E-state index in [1.807, 2.05) is 6.07 Å². The molecule has 2 rings (SSSR count). The Kier molecular flexibility index (Phi) is 3.93. The first-order chi connectivity index (χ1) is 9.55. The fourth-order valence-electron chi connectivity index (χ4n) is 1.96. The predicted molar refractivity (Wildman–Crippen MR) is 76.3 cm³/mol. The summed E-state index contributed by atoms with van der Waals surface area (Å²) in [6.45, 7) is 2.05. The van der Waals surface area contributed by atoms with Crippen molar-refractivity contribution in [1.82, 2.24) is 9.55 Å². The number of ether oxygens (including phenoxy) is 2. The van der Waals surface area contributed by atoms with E-state index in [9.17, 15) is 4.79 Å². The summed E-state index contributed by atoms with van der Waals surface area (Å²) in [7, 11) is 3.05. The number of nitrogens with zero attached hydrogens (tertiary/aromatic N) is 2. The summed E-state index contributed by atoms with van der Waals surface area (Å²) in [6, 6.07) is 7.03. The van der Waals surface area contributed by atoms with Crippen molar-refractivity contribution in [2.45, 2.75) is 13.5 Å². The molecule has 6 heteroatoms. The minimum atomic E-state index is -0.173. The predicted octanol–water partition coefficient (Wildman–Crippen LogP) is 1.20. The van der Waals surface area contributed by atoms with Crippen LogP contribution in [-0.4, -0.2) is 23.8 Å². The summed E-state index contributed by atoms with van der Waals surface area (Å²) in [5.41, 5.74) is 7.59. The van der Waals surface area contributed by atoms with Gasteiger partial charge in [0, 0.05) is 29.1 Å². The van der Waals surface area contributed by atoms with Gasteiger partial charge in [0.15, 0.2) is 0 Å². The average Bonchev–Trinajstić information content (AvgIpc) is 2.42. The summed E-state index contributed by atoms with van der Waals surface area (Å²) < 4.78 is 11.9. The highest BCUT2D eigenvalue weighted by atomic mass is 16.5. The molecule has 2 N–H and O–H groups in total. The van der Waals surface area contributed by atoms with Crippen molar-refractivity contribution in [1.29, 1.82) is 0 Å². The Morgan fingerprint density at radius 3 is 2.65 bits per heavy atom. The van der Waals surface area contributed by atoms with Gasteiger partial charge < -0.3 is 15.2 Å². The van der Waals surface area contributed by atoms with Gasteiger partial charge in [0.05, 0.1) is 20.8 Å². The zero-order valence-electron chi connectivity index (χ0n) is 11.7. The number of nitrogen functional groups attached to an aromatic ring is 1. The van der Waals surface area contributed by atoms with Gasteiger partial charge in [-0.25, -0.2) is 4.98 Å². The molecule has 1 heterocycles. The smallest absolute Gasteiger partial charge is 0.299 e. The van der Waals surface area contributed by atoms with E-state index in [-0.39, 0.29) is 11.6 Å². The molecule has 0 bridgehead atoms. The summed E-state index contributed by atoms with van der Waals surface area (Å²) in [6.07, 6.45) is 0. The molecule has 1 aromatic carbocycles. The number of aromatic nitrogens is 2. The lowest BCUT2D eigenvalue weighted by Gasteiger charge is -2.13. The summed E-state index contributed by atoms with van der Waals surface area (Å²) in [5, 5.41) is 0. The molecule has 0 fully saturated rings. The van der Waals surface area contributed by atoms with Crippen LogP contribution in [0.5, 0.6) is 11.8 Å².